The molecule has 2 aliphatic rings. The van der Waals surface area contributed by atoms with Crippen molar-refractivity contribution in [2.45, 2.75) is 83.6 Å². The fraction of sp³-hybridized carbons (Fsp3) is 0.941. The lowest BCUT2D eigenvalue weighted by atomic mass is 9.79. The van der Waals surface area contributed by atoms with Gasteiger partial charge in [0.15, 0.2) is 0 Å². The van der Waals surface area contributed by atoms with Crippen LogP contribution in [0, 0.1) is 5.41 Å². The highest BCUT2D eigenvalue weighted by molar-refractivity contribution is 5.75. The van der Waals surface area contributed by atoms with Crippen LogP contribution in [0.5, 0.6) is 0 Å². The monoisotopic (exact) mass is 281 g/mol. The quantitative estimate of drug-likeness (QED) is 0.790. The number of carbonyl (C=O) groups is 1. The summed E-state index contributed by atoms with van der Waals surface area (Å²) >= 11 is 0. The molecule has 1 aliphatic heterocycles. The van der Waals surface area contributed by atoms with Crippen LogP contribution in [0.2, 0.25) is 0 Å². The average Bonchev–Trinajstić information content (AvgIpc) is 2.80. The third-order valence-electron chi connectivity index (χ3n) is 5.49. The summed E-state index contributed by atoms with van der Waals surface area (Å²) < 4.78 is 0. The van der Waals surface area contributed by atoms with Crippen LogP contribution in [0.15, 0.2) is 0 Å². The molecule has 0 radical (unpaired) electrons. The van der Waals surface area contributed by atoms with Crippen molar-refractivity contribution < 1.29 is 9.90 Å². The number of carboxylic acids is 1. The molecule has 2 rings (SSSR count). The first kappa shape index (κ1) is 15.8. The second-order valence-corrected chi connectivity index (χ2v) is 6.88. The van der Waals surface area contributed by atoms with E-state index in [4.69, 9.17) is 0 Å². The molecule has 0 aromatic heterocycles. The largest absolute Gasteiger partial charge is 0.481 e. The fourth-order valence-corrected chi connectivity index (χ4v) is 4.14. The van der Waals surface area contributed by atoms with Gasteiger partial charge in [0, 0.05) is 12.6 Å². The van der Waals surface area contributed by atoms with Crippen LogP contribution in [-0.4, -0.2) is 35.1 Å². The minimum atomic E-state index is -0.543. The Morgan fingerprint density at radius 3 is 2.35 bits per heavy atom. The third kappa shape index (κ3) is 3.75. The lowest BCUT2D eigenvalue weighted by molar-refractivity contribution is -0.151. The molecule has 3 heteroatoms. The van der Waals surface area contributed by atoms with Crippen molar-refractivity contribution in [1.29, 1.82) is 0 Å². The predicted octanol–water partition coefficient (Wildman–Crippen LogP) is 4.07. The number of nitrogens with zero attached hydrogens (tertiary/aromatic N) is 1. The number of hydrogen-bond donors (Lipinski definition) is 1. The Bertz CT molecular complexity index is 308. The van der Waals surface area contributed by atoms with Crippen LogP contribution in [0.1, 0.15) is 77.6 Å². The summed E-state index contributed by atoms with van der Waals surface area (Å²) in [4.78, 5) is 14.5. The molecule has 1 atom stereocenters. The molecule has 0 amide bonds. The zero-order chi connectivity index (χ0) is 14.4. The molecule has 3 nitrogen and oxygen atoms in total. The maximum Gasteiger partial charge on any atom is 0.310 e. The summed E-state index contributed by atoms with van der Waals surface area (Å²) in [6.45, 7) is 4.15. The van der Waals surface area contributed by atoms with Crippen molar-refractivity contribution in [3.63, 3.8) is 0 Å². The fourth-order valence-electron chi connectivity index (χ4n) is 4.14. The third-order valence-corrected chi connectivity index (χ3v) is 5.49. The molecular weight excluding hydrogens is 250 g/mol. The molecular formula is C17H31NO2. The normalized spacial score (nSPS) is 28.6. The lowest BCUT2D eigenvalue weighted by Crippen LogP contribution is -2.47. The van der Waals surface area contributed by atoms with E-state index in [1.54, 1.807) is 0 Å². The van der Waals surface area contributed by atoms with Gasteiger partial charge in [-0.2, -0.15) is 0 Å². The Labute approximate surface area is 123 Å². The number of likely N-dealkylation sites (tertiary alicyclic amines) is 1. The van der Waals surface area contributed by atoms with E-state index in [1.165, 1.54) is 38.5 Å². The van der Waals surface area contributed by atoms with Gasteiger partial charge in [0.1, 0.15) is 0 Å². The molecule has 0 aromatic carbocycles. The van der Waals surface area contributed by atoms with Gasteiger partial charge in [-0.1, -0.05) is 45.4 Å². The summed E-state index contributed by atoms with van der Waals surface area (Å²) in [5, 5.41) is 9.85. The Kier molecular flexibility index (Phi) is 5.88. The van der Waals surface area contributed by atoms with E-state index in [2.05, 4.69) is 11.8 Å². The highest BCUT2D eigenvalue weighted by Gasteiger charge is 2.41. The Morgan fingerprint density at radius 1 is 1.10 bits per heavy atom. The molecule has 1 heterocycles. The van der Waals surface area contributed by atoms with Crippen molar-refractivity contribution >= 4 is 5.97 Å². The molecule has 2 fully saturated rings. The highest BCUT2D eigenvalue weighted by atomic mass is 16.4. The van der Waals surface area contributed by atoms with Crippen molar-refractivity contribution in [1.82, 2.24) is 4.90 Å². The second kappa shape index (κ2) is 7.44. The summed E-state index contributed by atoms with van der Waals surface area (Å²) in [7, 11) is 0. The van der Waals surface area contributed by atoms with Gasteiger partial charge in [-0.05, 0) is 38.6 Å². The summed E-state index contributed by atoms with van der Waals surface area (Å²) in [5.41, 5.74) is -0.464. The maximum absolute atomic E-state index is 12.0. The number of aliphatic carboxylic acids is 1. The first-order chi connectivity index (χ1) is 9.68. The first-order valence-electron chi connectivity index (χ1n) is 8.65. The smallest absolute Gasteiger partial charge is 0.310 e. The van der Waals surface area contributed by atoms with E-state index >= 15 is 0 Å². The Hall–Kier alpha value is -0.570. The molecule has 0 spiro atoms. The SMILES string of the molecule is CCC1CCCCCN1CC1(C(=O)O)CCCCCC1. The lowest BCUT2D eigenvalue weighted by Gasteiger charge is -2.38. The van der Waals surface area contributed by atoms with E-state index in [9.17, 15) is 9.90 Å². The van der Waals surface area contributed by atoms with Gasteiger partial charge in [0.05, 0.1) is 5.41 Å². The predicted molar refractivity (Wildman–Crippen MR) is 81.9 cm³/mol. The number of hydrogen-bond acceptors (Lipinski definition) is 2. The molecule has 1 aliphatic carbocycles. The molecule has 0 aromatic rings. The molecule has 0 bridgehead atoms. The number of carboxylic acid groups (broad SMARTS) is 1. The van der Waals surface area contributed by atoms with Gasteiger partial charge in [-0.3, -0.25) is 9.69 Å². The van der Waals surface area contributed by atoms with Crippen LogP contribution in [0.25, 0.3) is 0 Å². The van der Waals surface area contributed by atoms with E-state index in [-0.39, 0.29) is 0 Å². The van der Waals surface area contributed by atoms with Crippen molar-refractivity contribution in [2.24, 2.45) is 5.41 Å². The van der Waals surface area contributed by atoms with Crippen LogP contribution in [0.3, 0.4) is 0 Å². The van der Waals surface area contributed by atoms with Crippen LogP contribution < -0.4 is 0 Å². The van der Waals surface area contributed by atoms with Gasteiger partial charge >= 0.3 is 5.97 Å². The first-order valence-corrected chi connectivity index (χ1v) is 8.65. The van der Waals surface area contributed by atoms with Crippen LogP contribution >= 0.6 is 0 Å². The number of rotatable bonds is 4. The van der Waals surface area contributed by atoms with Crippen molar-refractivity contribution in [3.05, 3.63) is 0 Å². The standard InChI is InChI=1S/C17H31NO2/c1-2-15-10-6-5-9-13-18(15)14-17(16(19)20)11-7-3-4-8-12-17/h15H,2-14H2,1H3,(H,19,20). The van der Waals surface area contributed by atoms with E-state index < -0.39 is 11.4 Å². The second-order valence-electron chi connectivity index (χ2n) is 6.88. The molecule has 1 saturated carbocycles. The van der Waals surface area contributed by atoms with E-state index in [1.807, 2.05) is 0 Å². The minimum Gasteiger partial charge on any atom is -0.481 e. The topological polar surface area (TPSA) is 40.5 Å². The van der Waals surface area contributed by atoms with Gasteiger partial charge in [0.2, 0.25) is 0 Å². The van der Waals surface area contributed by atoms with Crippen molar-refractivity contribution in [3.8, 4) is 0 Å². The van der Waals surface area contributed by atoms with Crippen LogP contribution in [0.4, 0.5) is 0 Å². The van der Waals surface area contributed by atoms with Gasteiger partial charge in [-0.15, -0.1) is 0 Å². The summed E-state index contributed by atoms with van der Waals surface area (Å²) in [5.74, 6) is -0.543. The summed E-state index contributed by atoms with van der Waals surface area (Å²) in [6.07, 6.45) is 12.7. The Balaban J connectivity index is 2.10. The van der Waals surface area contributed by atoms with Crippen molar-refractivity contribution in [2.75, 3.05) is 13.1 Å². The van der Waals surface area contributed by atoms with E-state index in [0.717, 1.165) is 45.2 Å². The van der Waals surface area contributed by atoms with Gasteiger partial charge in [0.25, 0.3) is 0 Å². The zero-order valence-corrected chi connectivity index (χ0v) is 13.1. The molecule has 1 N–H and O–H groups in total. The van der Waals surface area contributed by atoms with Gasteiger partial charge < -0.3 is 5.11 Å². The highest BCUT2D eigenvalue weighted by Crippen LogP contribution is 2.37. The molecule has 116 valence electrons. The molecule has 20 heavy (non-hydrogen) atoms. The van der Waals surface area contributed by atoms with Crippen LogP contribution in [-0.2, 0) is 4.79 Å². The summed E-state index contributed by atoms with van der Waals surface area (Å²) in [6, 6.07) is 0.608. The molecule has 1 unspecified atom stereocenters. The maximum atomic E-state index is 12.0. The Morgan fingerprint density at radius 2 is 1.75 bits per heavy atom. The van der Waals surface area contributed by atoms with E-state index in [0.29, 0.717) is 6.04 Å². The minimum absolute atomic E-state index is 0.464. The average molecular weight is 281 g/mol. The zero-order valence-electron chi connectivity index (χ0n) is 13.1. The van der Waals surface area contributed by atoms with Gasteiger partial charge in [-0.25, -0.2) is 0 Å². The molecule has 1 saturated heterocycles.